The molecule has 1 heterocycles. The van der Waals surface area contributed by atoms with Gasteiger partial charge in [0.15, 0.2) is 0 Å². The second-order valence-corrected chi connectivity index (χ2v) is 7.47. The van der Waals surface area contributed by atoms with Crippen molar-refractivity contribution in [3.63, 3.8) is 0 Å². The monoisotopic (exact) mass is 475 g/mol. The summed E-state index contributed by atoms with van der Waals surface area (Å²) >= 11 is 23.9. The highest BCUT2D eigenvalue weighted by Crippen LogP contribution is 2.44. The second kappa shape index (κ2) is 7.79. The highest BCUT2D eigenvalue weighted by molar-refractivity contribution is 6.55. The predicted octanol–water partition coefficient (Wildman–Crippen LogP) is 4.75. The summed E-state index contributed by atoms with van der Waals surface area (Å²) in [7, 11) is 0. The lowest BCUT2D eigenvalue weighted by Crippen LogP contribution is -2.37. The molecule has 0 atom stereocenters. The van der Waals surface area contributed by atoms with Crippen LogP contribution in [-0.2, 0) is 4.79 Å². The molecule has 0 fully saturated rings. The fourth-order valence-corrected chi connectivity index (χ4v) is 3.84. The van der Waals surface area contributed by atoms with Crippen LogP contribution in [0.4, 0.5) is 11.4 Å². The molecule has 8 nitrogen and oxygen atoms in total. The third kappa shape index (κ3) is 3.53. The van der Waals surface area contributed by atoms with Gasteiger partial charge in [-0.05, 0) is 13.0 Å². The summed E-state index contributed by atoms with van der Waals surface area (Å²) in [5.74, 6) is -2.48. The van der Waals surface area contributed by atoms with Crippen molar-refractivity contribution in [2.24, 2.45) is 0 Å². The molecule has 3 amide bonds. The molecule has 2 aromatic rings. The molecule has 1 aliphatic rings. The quantitative estimate of drug-likeness (QED) is 0.225. The van der Waals surface area contributed by atoms with E-state index in [1.54, 1.807) is 0 Å². The van der Waals surface area contributed by atoms with Crippen molar-refractivity contribution in [3.8, 4) is 0 Å². The molecule has 0 saturated heterocycles. The van der Waals surface area contributed by atoms with Gasteiger partial charge in [0, 0.05) is 6.07 Å². The minimum Gasteiger partial charge on any atom is -0.324 e. The minimum atomic E-state index is -0.860. The molecule has 0 unspecified atom stereocenters. The number of fused-ring (bicyclic) bond motifs is 1. The second-order valence-electron chi connectivity index (χ2n) is 5.96. The fraction of sp³-hybridized carbons (Fsp3) is 0.118. The molecule has 1 aliphatic heterocycles. The summed E-state index contributed by atoms with van der Waals surface area (Å²) in [6.45, 7) is 0.787. The maximum absolute atomic E-state index is 12.6. The van der Waals surface area contributed by atoms with Gasteiger partial charge in [-0.15, -0.1) is 0 Å². The molecular weight excluding hydrogens is 468 g/mol. The third-order valence-corrected chi connectivity index (χ3v) is 6.06. The van der Waals surface area contributed by atoms with E-state index in [0.717, 1.165) is 0 Å². The lowest BCUT2D eigenvalue weighted by Gasteiger charge is -2.14. The van der Waals surface area contributed by atoms with Gasteiger partial charge in [-0.25, -0.2) is 0 Å². The van der Waals surface area contributed by atoms with Gasteiger partial charge in [-0.3, -0.25) is 29.4 Å². The number of halogens is 4. The first-order valence-electron chi connectivity index (χ1n) is 7.82. The highest BCUT2D eigenvalue weighted by Gasteiger charge is 2.42. The zero-order valence-electron chi connectivity index (χ0n) is 14.4. The first kappa shape index (κ1) is 21.3. The van der Waals surface area contributed by atoms with Gasteiger partial charge in [0.1, 0.15) is 6.54 Å². The fourth-order valence-electron chi connectivity index (χ4n) is 2.83. The van der Waals surface area contributed by atoms with Crippen LogP contribution in [0.3, 0.4) is 0 Å². The van der Waals surface area contributed by atoms with Gasteiger partial charge in [-0.2, -0.15) is 0 Å². The largest absolute Gasteiger partial charge is 0.324 e. The lowest BCUT2D eigenvalue weighted by molar-refractivity contribution is -0.385. The van der Waals surface area contributed by atoms with Crippen molar-refractivity contribution in [2.75, 3.05) is 11.9 Å². The zero-order valence-corrected chi connectivity index (χ0v) is 17.4. The number of carbonyl (C=O) groups is 3. The smallest absolute Gasteiger partial charge is 0.274 e. The van der Waals surface area contributed by atoms with Gasteiger partial charge in [-0.1, -0.05) is 52.5 Å². The van der Waals surface area contributed by atoms with Crippen LogP contribution in [0.25, 0.3) is 0 Å². The zero-order chi connectivity index (χ0) is 21.6. The molecule has 0 spiro atoms. The molecule has 0 radical (unpaired) electrons. The van der Waals surface area contributed by atoms with Crippen LogP contribution >= 0.6 is 46.4 Å². The molecule has 0 aliphatic carbocycles. The van der Waals surface area contributed by atoms with Gasteiger partial charge in [0.2, 0.25) is 5.91 Å². The maximum atomic E-state index is 12.6. The van der Waals surface area contributed by atoms with E-state index in [9.17, 15) is 24.5 Å². The number of rotatable bonds is 4. The van der Waals surface area contributed by atoms with Crippen LogP contribution in [0.15, 0.2) is 18.2 Å². The molecular formula is C17H9Cl4N3O5. The van der Waals surface area contributed by atoms with E-state index in [1.165, 1.54) is 25.1 Å². The average Bonchev–Trinajstić information content (AvgIpc) is 2.91. The van der Waals surface area contributed by atoms with Crippen molar-refractivity contribution >= 4 is 75.5 Å². The Morgan fingerprint density at radius 3 is 2.03 bits per heavy atom. The van der Waals surface area contributed by atoms with Crippen molar-refractivity contribution in [1.29, 1.82) is 0 Å². The van der Waals surface area contributed by atoms with E-state index in [0.29, 0.717) is 4.90 Å². The summed E-state index contributed by atoms with van der Waals surface area (Å²) in [4.78, 5) is 48.7. The molecule has 0 aromatic heterocycles. The number of nitrogens with one attached hydrogen (secondary N) is 1. The van der Waals surface area contributed by atoms with Gasteiger partial charge >= 0.3 is 0 Å². The van der Waals surface area contributed by atoms with Crippen LogP contribution in [0.1, 0.15) is 26.3 Å². The van der Waals surface area contributed by atoms with Crippen molar-refractivity contribution in [2.45, 2.75) is 6.92 Å². The summed E-state index contributed by atoms with van der Waals surface area (Å²) < 4.78 is 0. The standard InChI is InChI=1S/C17H9Cl4N3O5/c1-6-7(3-2-4-8(6)24(28)29)22-9(25)5-23-16(26)10-11(17(23)27)13(19)15(21)14(20)12(10)18/h2-4H,5H2,1H3,(H,22,25). The van der Waals surface area contributed by atoms with Crippen molar-refractivity contribution in [1.82, 2.24) is 4.90 Å². The average molecular weight is 477 g/mol. The Labute approximate surface area is 183 Å². The van der Waals surface area contributed by atoms with E-state index in [2.05, 4.69) is 5.32 Å². The number of hydrogen-bond donors (Lipinski definition) is 1. The van der Waals surface area contributed by atoms with E-state index in [4.69, 9.17) is 46.4 Å². The summed E-state index contributed by atoms with van der Waals surface area (Å²) in [5, 5.41) is 12.6. The number of nitrogens with zero attached hydrogens (tertiary/aromatic N) is 2. The van der Waals surface area contributed by atoms with Crippen LogP contribution in [0.2, 0.25) is 20.1 Å². The molecule has 150 valence electrons. The Morgan fingerprint density at radius 2 is 1.55 bits per heavy atom. The van der Waals surface area contributed by atoms with Crippen molar-refractivity contribution < 1.29 is 19.3 Å². The van der Waals surface area contributed by atoms with Crippen LogP contribution < -0.4 is 5.32 Å². The number of nitro groups is 1. The molecule has 3 rings (SSSR count). The molecule has 0 bridgehead atoms. The molecule has 2 aromatic carbocycles. The van der Waals surface area contributed by atoms with E-state index >= 15 is 0 Å². The number of anilines is 1. The Kier molecular flexibility index (Phi) is 5.73. The minimum absolute atomic E-state index is 0.169. The molecule has 12 heteroatoms. The number of imide groups is 1. The number of nitro benzene ring substituents is 1. The predicted molar refractivity (Wildman–Crippen MR) is 108 cm³/mol. The van der Waals surface area contributed by atoms with Crippen LogP contribution in [-0.4, -0.2) is 34.1 Å². The molecule has 1 N–H and O–H groups in total. The Balaban J connectivity index is 1.88. The third-order valence-electron chi connectivity index (χ3n) is 4.26. The maximum Gasteiger partial charge on any atom is 0.274 e. The molecule has 29 heavy (non-hydrogen) atoms. The van der Waals surface area contributed by atoms with E-state index in [1.807, 2.05) is 0 Å². The Hall–Kier alpha value is -2.39. The van der Waals surface area contributed by atoms with Gasteiger partial charge in [0.05, 0.1) is 47.4 Å². The van der Waals surface area contributed by atoms with Crippen molar-refractivity contribution in [3.05, 3.63) is 65.1 Å². The van der Waals surface area contributed by atoms with Gasteiger partial charge < -0.3 is 5.32 Å². The normalized spacial score (nSPS) is 12.9. The summed E-state index contributed by atoms with van der Waals surface area (Å²) in [6, 6.07) is 4.13. The number of amides is 3. The number of hydrogen-bond acceptors (Lipinski definition) is 5. The topological polar surface area (TPSA) is 110 Å². The number of benzene rings is 2. The first-order chi connectivity index (χ1) is 13.6. The summed E-state index contributed by atoms with van der Waals surface area (Å²) in [5.41, 5.74) is -0.280. The molecule has 0 saturated carbocycles. The van der Waals surface area contributed by atoms with E-state index in [-0.39, 0.29) is 48.2 Å². The van der Waals surface area contributed by atoms with E-state index < -0.39 is 29.2 Å². The number of carbonyl (C=O) groups excluding carboxylic acids is 3. The van der Waals surface area contributed by atoms with Crippen LogP contribution in [0, 0.1) is 17.0 Å². The lowest BCUT2D eigenvalue weighted by atomic mass is 10.1. The Bertz CT molecular complexity index is 1070. The SMILES string of the molecule is Cc1c(NC(=O)CN2C(=O)c3c(Cl)c(Cl)c(Cl)c(Cl)c3C2=O)cccc1[N+](=O)[O-]. The highest BCUT2D eigenvalue weighted by atomic mass is 35.5. The Morgan fingerprint density at radius 1 is 1.03 bits per heavy atom. The van der Waals surface area contributed by atoms with Gasteiger partial charge in [0.25, 0.3) is 17.5 Å². The first-order valence-corrected chi connectivity index (χ1v) is 9.33. The van der Waals surface area contributed by atoms with Crippen LogP contribution in [0.5, 0.6) is 0 Å². The summed E-state index contributed by atoms with van der Waals surface area (Å²) in [6.07, 6.45) is 0.